The zero-order chi connectivity index (χ0) is 14.4. The smallest absolute Gasteiger partial charge is 0.488 e. The average molecular weight is 354 g/mol. The van der Waals surface area contributed by atoms with Gasteiger partial charge in [0.25, 0.3) is 0 Å². The molecule has 0 aliphatic rings. The Labute approximate surface area is 130 Å². The molecule has 1 aromatic carbocycles. The number of pyridine rings is 1. The van der Waals surface area contributed by atoms with Gasteiger partial charge in [0.05, 0.1) is 6.61 Å². The highest BCUT2D eigenvalue weighted by atomic mass is 79.9. The lowest BCUT2D eigenvalue weighted by Gasteiger charge is -2.08. The second-order valence-electron chi connectivity index (χ2n) is 3.93. The summed E-state index contributed by atoms with van der Waals surface area (Å²) in [6.07, 6.45) is 1.75. The maximum absolute atomic E-state index is 9.08. The summed E-state index contributed by atoms with van der Waals surface area (Å²) in [6, 6.07) is 10.6. The Kier molecular flexibility index (Phi) is 5.91. The van der Waals surface area contributed by atoms with Crippen LogP contribution in [0, 0.1) is 0 Å². The van der Waals surface area contributed by atoms with Gasteiger partial charge in [-0.15, -0.1) is 11.8 Å². The van der Waals surface area contributed by atoms with Crippen molar-refractivity contribution in [2.24, 2.45) is 0 Å². The van der Waals surface area contributed by atoms with Gasteiger partial charge in [0.2, 0.25) is 0 Å². The van der Waals surface area contributed by atoms with Gasteiger partial charge in [-0.25, -0.2) is 4.98 Å². The predicted molar refractivity (Wildman–Crippen MR) is 84.4 cm³/mol. The van der Waals surface area contributed by atoms with Crippen molar-refractivity contribution in [1.29, 1.82) is 0 Å². The Bertz CT molecular complexity index is 571. The zero-order valence-electron chi connectivity index (χ0n) is 10.6. The molecule has 2 N–H and O–H groups in total. The van der Waals surface area contributed by atoms with Crippen molar-refractivity contribution in [1.82, 2.24) is 4.98 Å². The van der Waals surface area contributed by atoms with Crippen LogP contribution in [0.5, 0.6) is 5.75 Å². The number of ether oxygens (including phenoxy) is 1. The number of benzene rings is 1. The highest BCUT2D eigenvalue weighted by Gasteiger charge is 2.11. The molecule has 0 fully saturated rings. The molecule has 0 spiro atoms. The van der Waals surface area contributed by atoms with Crippen molar-refractivity contribution in [3.05, 3.63) is 47.1 Å². The van der Waals surface area contributed by atoms with Gasteiger partial charge in [-0.2, -0.15) is 0 Å². The van der Waals surface area contributed by atoms with Crippen LogP contribution in [-0.4, -0.2) is 34.5 Å². The minimum atomic E-state index is -1.47. The molecule has 7 heteroatoms. The Balaban J connectivity index is 1.82. The standard InChI is InChI=1S/C13H13BBrNO3S/c15-12-5-2-6-16-13(12)20-8-7-19-11-4-1-3-10(9-11)14(17)18/h1-6,9,17-18H,7-8H2. The molecule has 0 saturated heterocycles. The van der Waals surface area contributed by atoms with Gasteiger partial charge in [-0.3, -0.25) is 0 Å². The molecule has 0 aliphatic carbocycles. The fraction of sp³-hybridized carbons (Fsp3) is 0.154. The summed E-state index contributed by atoms with van der Waals surface area (Å²) in [6.45, 7) is 0.513. The summed E-state index contributed by atoms with van der Waals surface area (Å²) in [4.78, 5) is 4.25. The summed E-state index contributed by atoms with van der Waals surface area (Å²) < 4.78 is 6.54. The second-order valence-corrected chi connectivity index (χ2v) is 5.87. The van der Waals surface area contributed by atoms with Crippen molar-refractivity contribution < 1.29 is 14.8 Å². The molecule has 2 aromatic rings. The van der Waals surface area contributed by atoms with Gasteiger partial charge < -0.3 is 14.8 Å². The first-order valence-electron chi connectivity index (χ1n) is 5.99. The monoisotopic (exact) mass is 353 g/mol. The first-order chi connectivity index (χ1) is 9.66. The summed E-state index contributed by atoms with van der Waals surface area (Å²) >= 11 is 5.03. The molecular weight excluding hydrogens is 341 g/mol. The van der Waals surface area contributed by atoms with Crippen molar-refractivity contribution in [3.63, 3.8) is 0 Å². The minimum absolute atomic E-state index is 0.419. The fourth-order valence-corrected chi connectivity index (χ4v) is 2.84. The molecule has 1 aromatic heterocycles. The van der Waals surface area contributed by atoms with Gasteiger partial charge in [0.1, 0.15) is 10.8 Å². The Hall–Kier alpha value is -1.02. The number of nitrogens with zero attached hydrogens (tertiary/aromatic N) is 1. The van der Waals surface area contributed by atoms with E-state index < -0.39 is 7.12 Å². The third-order valence-electron chi connectivity index (χ3n) is 2.47. The zero-order valence-corrected chi connectivity index (χ0v) is 13.0. The number of aromatic nitrogens is 1. The number of hydrogen-bond donors (Lipinski definition) is 2. The van der Waals surface area contributed by atoms with E-state index in [9.17, 15) is 0 Å². The van der Waals surface area contributed by atoms with Crippen LogP contribution in [0.25, 0.3) is 0 Å². The third-order valence-corrected chi connectivity index (χ3v) is 4.34. The molecule has 1 heterocycles. The number of halogens is 1. The van der Waals surface area contributed by atoms with Gasteiger partial charge in [-0.1, -0.05) is 12.1 Å². The Morgan fingerprint density at radius 1 is 1.25 bits per heavy atom. The first kappa shape index (κ1) is 15.4. The van der Waals surface area contributed by atoms with Crippen LogP contribution in [0.1, 0.15) is 0 Å². The summed E-state index contributed by atoms with van der Waals surface area (Å²) in [7, 11) is -1.47. The molecule has 0 radical (unpaired) electrons. The summed E-state index contributed by atoms with van der Waals surface area (Å²) in [5, 5.41) is 19.1. The van der Waals surface area contributed by atoms with E-state index in [1.807, 2.05) is 12.1 Å². The lowest BCUT2D eigenvalue weighted by atomic mass is 9.80. The summed E-state index contributed by atoms with van der Waals surface area (Å²) in [5.74, 6) is 1.37. The van der Waals surface area contributed by atoms with E-state index >= 15 is 0 Å². The highest BCUT2D eigenvalue weighted by molar-refractivity contribution is 9.10. The van der Waals surface area contributed by atoms with Crippen molar-refractivity contribution >= 4 is 40.3 Å². The van der Waals surface area contributed by atoms with Crippen LogP contribution in [-0.2, 0) is 0 Å². The van der Waals surface area contributed by atoms with E-state index in [-0.39, 0.29) is 0 Å². The number of rotatable bonds is 6. The topological polar surface area (TPSA) is 62.6 Å². The first-order valence-corrected chi connectivity index (χ1v) is 7.77. The minimum Gasteiger partial charge on any atom is -0.493 e. The van der Waals surface area contributed by atoms with Crippen LogP contribution >= 0.6 is 27.7 Å². The van der Waals surface area contributed by atoms with Gasteiger partial charge in [-0.05, 0) is 45.7 Å². The van der Waals surface area contributed by atoms with E-state index in [2.05, 4.69) is 20.9 Å². The number of thioether (sulfide) groups is 1. The molecule has 104 valence electrons. The van der Waals surface area contributed by atoms with Gasteiger partial charge in [0.15, 0.2) is 0 Å². The Morgan fingerprint density at radius 2 is 2.10 bits per heavy atom. The van der Waals surface area contributed by atoms with Gasteiger partial charge in [0, 0.05) is 16.4 Å². The average Bonchev–Trinajstić information content (AvgIpc) is 2.45. The largest absolute Gasteiger partial charge is 0.493 e. The van der Waals surface area contributed by atoms with Crippen LogP contribution in [0.4, 0.5) is 0 Å². The van der Waals surface area contributed by atoms with Crippen molar-refractivity contribution in [2.75, 3.05) is 12.4 Å². The lowest BCUT2D eigenvalue weighted by molar-refractivity contribution is 0.344. The maximum Gasteiger partial charge on any atom is 0.488 e. The van der Waals surface area contributed by atoms with E-state index in [1.165, 1.54) is 0 Å². The molecule has 4 nitrogen and oxygen atoms in total. The van der Waals surface area contributed by atoms with E-state index in [0.717, 1.165) is 15.3 Å². The molecule has 0 unspecified atom stereocenters. The van der Waals surface area contributed by atoms with E-state index in [0.29, 0.717) is 17.8 Å². The Morgan fingerprint density at radius 3 is 2.85 bits per heavy atom. The van der Waals surface area contributed by atoms with Crippen LogP contribution < -0.4 is 10.2 Å². The fourth-order valence-electron chi connectivity index (χ4n) is 1.54. The number of hydrogen-bond acceptors (Lipinski definition) is 5. The normalized spacial score (nSPS) is 10.3. The van der Waals surface area contributed by atoms with Crippen LogP contribution in [0.15, 0.2) is 52.1 Å². The molecule has 2 rings (SSSR count). The highest BCUT2D eigenvalue weighted by Crippen LogP contribution is 2.24. The lowest BCUT2D eigenvalue weighted by Crippen LogP contribution is -2.29. The maximum atomic E-state index is 9.08. The molecule has 0 bridgehead atoms. The van der Waals surface area contributed by atoms with Crippen molar-refractivity contribution in [3.8, 4) is 5.75 Å². The quantitative estimate of drug-likeness (QED) is 0.470. The molecule has 20 heavy (non-hydrogen) atoms. The summed E-state index contributed by atoms with van der Waals surface area (Å²) in [5.41, 5.74) is 0.419. The van der Waals surface area contributed by atoms with Gasteiger partial charge >= 0.3 is 7.12 Å². The third kappa shape index (κ3) is 4.52. The molecule has 0 aliphatic heterocycles. The molecule has 0 atom stereocenters. The van der Waals surface area contributed by atoms with E-state index in [1.54, 1.807) is 42.2 Å². The molecule has 0 amide bonds. The predicted octanol–water partition coefficient (Wildman–Crippen LogP) is 1.69. The van der Waals surface area contributed by atoms with Crippen LogP contribution in [0.2, 0.25) is 0 Å². The molecular formula is C13H13BBrNO3S. The van der Waals surface area contributed by atoms with Crippen molar-refractivity contribution in [2.45, 2.75) is 5.03 Å². The second kappa shape index (κ2) is 7.68. The molecule has 0 saturated carbocycles. The van der Waals surface area contributed by atoms with Crippen LogP contribution in [0.3, 0.4) is 0 Å². The SMILES string of the molecule is OB(O)c1cccc(OCCSc2ncccc2Br)c1. The van der Waals surface area contributed by atoms with E-state index in [4.69, 9.17) is 14.8 Å².